The van der Waals surface area contributed by atoms with E-state index in [0.717, 1.165) is 16.5 Å². The van der Waals surface area contributed by atoms with Gasteiger partial charge < -0.3 is 29.6 Å². The predicted octanol–water partition coefficient (Wildman–Crippen LogP) is 3.41. The van der Waals surface area contributed by atoms with Crippen LogP contribution in [0.5, 0.6) is 17.2 Å². The molecule has 0 saturated carbocycles. The molecule has 0 aliphatic heterocycles. The van der Waals surface area contributed by atoms with Crippen LogP contribution in [-0.4, -0.2) is 66.4 Å². The molecule has 41 heavy (non-hydrogen) atoms. The molecular formula is C30H39N3O8. The first-order valence-electron chi connectivity index (χ1n) is 13.3. The summed E-state index contributed by atoms with van der Waals surface area (Å²) in [6, 6.07) is 11.8. The number of fused-ring (bicyclic) bond motifs is 1. The normalized spacial score (nSPS) is 13.7. The largest absolute Gasteiger partial charge is 0.493 e. The van der Waals surface area contributed by atoms with Crippen LogP contribution in [0.3, 0.4) is 0 Å². The first kappa shape index (κ1) is 31.4. The number of ketones is 1. The number of aromatic nitrogens is 1. The zero-order chi connectivity index (χ0) is 30.3. The lowest BCUT2D eigenvalue weighted by atomic mass is 9.82. The number of ether oxygens (including phenoxy) is 3. The van der Waals surface area contributed by atoms with Crippen LogP contribution in [-0.2, 0) is 16.0 Å². The minimum absolute atomic E-state index is 0.0779. The van der Waals surface area contributed by atoms with Crippen molar-refractivity contribution in [3.8, 4) is 17.2 Å². The third kappa shape index (κ3) is 7.36. The molecule has 2 amide bonds. The Morgan fingerprint density at radius 2 is 1.59 bits per heavy atom. The number of aromatic amines is 1. The molecule has 1 heterocycles. The van der Waals surface area contributed by atoms with Gasteiger partial charge in [0.05, 0.1) is 39.0 Å². The second-order valence-corrected chi connectivity index (χ2v) is 10.9. The summed E-state index contributed by atoms with van der Waals surface area (Å²) in [6.45, 7) is 5.44. The van der Waals surface area contributed by atoms with Crippen LogP contribution in [0.1, 0.15) is 49.7 Å². The summed E-state index contributed by atoms with van der Waals surface area (Å²) < 4.78 is 16.2. The lowest BCUT2D eigenvalue weighted by Crippen LogP contribution is -2.53. The molecule has 3 atom stereocenters. The molecule has 0 unspecified atom stereocenters. The minimum Gasteiger partial charge on any atom is -0.493 e. The van der Waals surface area contributed by atoms with Crippen molar-refractivity contribution in [1.29, 1.82) is 0 Å². The Labute approximate surface area is 239 Å². The second kappa shape index (κ2) is 13.5. The average molecular weight is 570 g/mol. The highest BCUT2D eigenvalue weighted by Gasteiger charge is 2.38. The first-order chi connectivity index (χ1) is 19.4. The van der Waals surface area contributed by atoms with Gasteiger partial charge in [0.1, 0.15) is 6.10 Å². The van der Waals surface area contributed by atoms with Crippen molar-refractivity contribution in [3.05, 3.63) is 53.7 Å². The Hall–Kier alpha value is -4.09. The summed E-state index contributed by atoms with van der Waals surface area (Å²) in [4.78, 5) is 42.4. The van der Waals surface area contributed by atoms with Crippen molar-refractivity contribution < 1.29 is 38.9 Å². The molecule has 0 spiro atoms. The summed E-state index contributed by atoms with van der Waals surface area (Å²) >= 11 is 0. The molecular weight excluding hydrogens is 530 g/mol. The van der Waals surface area contributed by atoms with Crippen molar-refractivity contribution in [1.82, 2.24) is 15.8 Å². The number of rotatable bonds is 13. The van der Waals surface area contributed by atoms with E-state index in [0.29, 0.717) is 35.8 Å². The van der Waals surface area contributed by atoms with Gasteiger partial charge in [0.25, 0.3) is 5.91 Å². The maximum absolute atomic E-state index is 13.6. The number of benzene rings is 2. The third-order valence-corrected chi connectivity index (χ3v) is 7.01. The number of hydrogen-bond donors (Lipinski definition) is 5. The van der Waals surface area contributed by atoms with E-state index in [1.165, 1.54) is 26.8 Å². The van der Waals surface area contributed by atoms with Crippen molar-refractivity contribution in [3.63, 3.8) is 0 Å². The Kier molecular flexibility index (Phi) is 10.4. The van der Waals surface area contributed by atoms with Crippen molar-refractivity contribution in [2.75, 3.05) is 21.3 Å². The summed E-state index contributed by atoms with van der Waals surface area (Å²) in [5, 5.41) is 23.4. The van der Waals surface area contributed by atoms with Crippen LogP contribution in [0.4, 0.5) is 0 Å². The van der Waals surface area contributed by atoms with E-state index >= 15 is 0 Å². The van der Waals surface area contributed by atoms with Gasteiger partial charge in [-0.2, -0.15) is 0 Å². The quantitative estimate of drug-likeness (QED) is 0.119. The number of aliphatic hydroxyl groups excluding tert-OH is 1. The molecule has 222 valence electrons. The number of hydrogen-bond acceptors (Lipinski definition) is 8. The van der Waals surface area contributed by atoms with Gasteiger partial charge in [-0.1, -0.05) is 39.0 Å². The Morgan fingerprint density at radius 3 is 2.12 bits per heavy atom. The monoisotopic (exact) mass is 569 g/mol. The highest BCUT2D eigenvalue weighted by atomic mass is 16.5. The van der Waals surface area contributed by atoms with Crippen molar-refractivity contribution in [2.24, 2.45) is 11.3 Å². The van der Waals surface area contributed by atoms with E-state index in [9.17, 15) is 19.5 Å². The predicted molar refractivity (Wildman–Crippen MR) is 152 cm³/mol. The van der Waals surface area contributed by atoms with E-state index < -0.39 is 35.3 Å². The number of aryl methyl sites for hydroxylation is 1. The van der Waals surface area contributed by atoms with Crippen molar-refractivity contribution in [2.45, 2.75) is 52.2 Å². The Bertz CT molecular complexity index is 1320. The average Bonchev–Trinajstić information content (AvgIpc) is 3.40. The number of nitrogens with one attached hydrogen (secondary N) is 3. The summed E-state index contributed by atoms with van der Waals surface area (Å²) in [5.41, 5.74) is 2.65. The molecule has 0 aliphatic rings. The van der Waals surface area contributed by atoms with Crippen molar-refractivity contribution >= 4 is 28.5 Å². The van der Waals surface area contributed by atoms with Crippen LogP contribution in [0, 0.1) is 11.3 Å². The number of para-hydroxylation sites is 1. The summed E-state index contributed by atoms with van der Waals surface area (Å²) in [7, 11) is 4.52. The highest BCUT2D eigenvalue weighted by molar-refractivity contribution is 6.04. The molecule has 0 saturated heterocycles. The Morgan fingerprint density at radius 1 is 0.951 bits per heavy atom. The fourth-order valence-electron chi connectivity index (χ4n) is 4.77. The zero-order valence-corrected chi connectivity index (χ0v) is 24.2. The molecule has 2 aromatic carbocycles. The summed E-state index contributed by atoms with van der Waals surface area (Å²) in [5.74, 6) is -2.00. The van der Waals surface area contributed by atoms with Gasteiger partial charge in [0.15, 0.2) is 11.5 Å². The maximum Gasteiger partial charge on any atom is 0.272 e. The topological polar surface area (TPSA) is 159 Å². The van der Waals surface area contributed by atoms with Crippen LogP contribution >= 0.6 is 0 Å². The van der Waals surface area contributed by atoms with Crippen LogP contribution < -0.4 is 25.0 Å². The van der Waals surface area contributed by atoms with E-state index in [1.807, 2.05) is 45.0 Å². The van der Waals surface area contributed by atoms with Gasteiger partial charge in [0, 0.05) is 10.9 Å². The molecule has 5 N–H and O–H groups in total. The smallest absolute Gasteiger partial charge is 0.272 e. The lowest BCUT2D eigenvalue weighted by molar-refractivity contribution is -0.146. The molecule has 1 aromatic heterocycles. The van der Waals surface area contributed by atoms with E-state index in [2.05, 4.69) is 10.3 Å². The third-order valence-electron chi connectivity index (χ3n) is 7.01. The molecule has 0 fully saturated rings. The number of hydroxylamine groups is 1. The minimum atomic E-state index is -1.84. The molecule has 0 radical (unpaired) electrons. The molecule has 11 nitrogen and oxygen atoms in total. The number of aliphatic hydroxyl groups is 1. The van der Waals surface area contributed by atoms with E-state index in [4.69, 9.17) is 19.4 Å². The number of carbonyl (C=O) groups excluding carboxylic acids is 3. The van der Waals surface area contributed by atoms with Gasteiger partial charge in [-0.25, -0.2) is 5.48 Å². The van der Waals surface area contributed by atoms with Gasteiger partial charge in [0.2, 0.25) is 17.4 Å². The Balaban J connectivity index is 1.82. The first-order valence-corrected chi connectivity index (χ1v) is 13.3. The fourth-order valence-corrected chi connectivity index (χ4v) is 4.77. The van der Waals surface area contributed by atoms with Gasteiger partial charge in [-0.15, -0.1) is 0 Å². The second-order valence-electron chi connectivity index (χ2n) is 10.9. The van der Waals surface area contributed by atoms with Gasteiger partial charge >= 0.3 is 0 Å². The molecule has 0 bridgehead atoms. The zero-order valence-electron chi connectivity index (χ0n) is 24.2. The number of methoxy groups -OCH3 is 3. The molecule has 3 rings (SSSR count). The molecule has 0 aliphatic carbocycles. The maximum atomic E-state index is 13.6. The number of Topliss-reactive ketones (excluding diaryl/α,β-unsaturated/α-hetero) is 1. The summed E-state index contributed by atoms with van der Waals surface area (Å²) in [6.07, 6.45) is -0.939. The highest BCUT2D eigenvalue weighted by Crippen LogP contribution is 2.38. The fraction of sp³-hybridized carbons (Fsp3) is 0.433. The number of H-pyrrole nitrogens is 1. The van der Waals surface area contributed by atoms with Crippen LogP contribution in [0.25, 0.3) is 10.9 Å². The standard InChI is InChI=1S/C30H39N3O8/c1-30(2,3)27(25(35)21-16-18-11-7-8-13-20(18)31-21)32-28(36)19(24(34)29(37)33-38)12-9-10-17-14-22(39-4)26(41-6)23(15-17)40-5/h7-8,11,13-16,19,24,27,31,34,38H,9-10,12H2,1-6H3,(H,32,36)(H,33,37)/t19-,24-,27+/m0/s1. The van der Waals surface area contributed by atoms with Gasteiger partial charge in [-0.05, 0) is 54.5 Å². The lowest BCUT2D eigenvalue weighted by Gasteiger charge is -2.32. The van der Waals surface area contributed by atoms with E-state index in [1.54, 1.807) is 18.2 Å². The SMILES string of the molecule is COc1cc(CCC[C@H](C(=O)N[C@H](C(=O)c2cc3ccccc3[nH]2)C(C)(C)C)[C@H](O)C(=O)NO)cc(OC)c1OC. The van der Waals surface area contributed by atoms with E-state index in [-0.39, 0.29) is 12.2 Å². The molecule has 3 aromatic rings. The number of amides is 2. The van der Waals surface area contributed by atoms with Crippen LogP contribution in [0.15, 0.2) is 42.5 Å². The van der Waals surface area contributed by atoms with Gasteiger partial charge in [-0.3, -0.25) is 19.6 Å². The number of carbonyl (C=O) groups is 3. The van der Waals surface area contributed by atoms with Crippen LogP contribution in [0.2, 0.25) is 0 Å². The molecule has 11 heteroatoms.